The van der Waals surface area contributed by atoms with E-state index in [1.165, 1.54) is 0 Å². The quantitative estimate of drug-likeness (QED) is 0.783. The van der Waals surface area contributed by atoms with Crippen LogP contribution in [0, 0.1) is 13.8 Å². The van der Waals surface area contributed by atoms with Crippen LogP contribution in [0.2, 0.25) is 0 Å². The minimum atomic E-state index is -0.0474. The fourth-order valence-electron chi connectivity index (χ4n) is 2.35. The number of hydrogen-bond acceptors (Lipinski definition) is 3. The summed E-state index contributed by atoms with van der Waals surface area (Å²) in [7, 11) is 0. The Kier molecular flexibility index (Phi) is 3.59. The number of aliphatic hydroxyl groups excluding tert-OH is 1. The Hall–Kier alpha value is -2.39. The van der Waals surface area contributed by atoms with Crippen molar-refractivity contribution in [1.29, 1.82) is 0 Å². The number of hydrogen-bond donors (Lipinski definition) is 1. The van der Waals surface area contributed by atoms with Crippen molar-refractivity contribution >= 4 is 10.9 Å². The molecule has 0 radical (unpaired) electrons. The molecule has 1 heterocycles. The van der Waals surface area contributed by atoms with E-state index in [1.807, 2.05) is 62.4 Å². The molecular formula is C18H17NO2. The molecule has 0 atom stereocenters. The van der Waals surface area contributed by atoms with Gasteiger partial charge in [-0.15, -0.1) is 0 Å². The van der Waals surface area contributed by atoms with Crippen molar-refractivity contribution in [2.75, 3.05) is 0 Å². The molecule has 0 bridgehead atoms. The minimum absolute atomic E-state index is 0.0474. The van der Waals surface area contributed by atoms with E-state index in [2.05, 4.69) is 4.98 Å². The summed E-state index contributed by atoms with van der Waals surface area (Å²) >= 11 is 0. The third-order valence-electron chi connectivity index (χ3n) is 3.43. The molecule has 0 fully saturated rings. The summed E-state index contributed by atoms with van der Waals surface area (Å²) < 4.78 is 6.00. The molecule has 3 nitrogen and oxygen atoms in total. The maximum absolute atomic E-state index is 9.48. The second-order valence-corrected chi connectivity index (χ2v) is 5.15. The van der Waals surface area contributed by atoms with Gasteiger partial charge in [0.2, 0.25) is 0 Å². The topological polar surface area (TPSA) is 42.4 Å². The van der Waals surface area contributed by atoms with Gasteiger partial charge >= 0.3 is 0 Å². The van der Waals surface area contributed by atoms with Crippen molar-refractivity contribution in [2.24, 2.45) is 0 Å². The lowest BCUT2D eigenvalue weighted by molar-refractivity contribution is 0.276. The van der Waals surface area contributed by atoms with Crippen LogP contribution in [0.1, 0.15) is 16.8 Å². The fourth-order valence-corrected chi connectivity index (χ4v) is 2.35. The number of aliphatic hydroxyl groups is 1. The SMILES string of the molecule is Cc1ccc(Oc2cccc3ccc(C)nc23)c(CO)c1. The number of benzene rings is 2. The Balaban J connectivity index is 2.08. The smallest absolute Gasteiger partial charge is 0.153 e. The van der Waals surface area contributed by atoms with E-state index in [-0.39, 0.29) is 6.61 Å². The molecular weight excluding hydrogens is 262 g/mol. The molecule has 1 N–H and O–H groups in total. The maximum atomic E-state index is 9.48. The fraction of sp³-hybridized carbons (Fsp3) is 0.167. The molecule has 0 unspecified atom stereocenters. The van der Waals surface area contributed by atoms with Crippen molar-refractivity contribution in [2.45, 2.75) is 20.5 Å². The first kappa shape index (κ1) is 13.6. The molecule has 106 valence electrons. The van der Waals surface area contributed by atoms with Gasteiger partial charge in [-0.2, -0.15) is 0 Å². The van der Waals surface area contributed by atoms with Crippen molar-refractivity contribution in [3.63, 3.8) is 0 Å². The van der Waals surface area contributed by atoms with E-state index in [0.29, 0.717) is 11.5 Å². The average molecular weight is 279 g/mol. The molecule has 0 aliphatic heterocycles. The second kappa shape index (κ2) is 5.54. The molecule has 2 aromatic carbocycles. The molecule has 3 heteroatoms. The summed E-state index contributed by atoms with van der Waals surface area (Å²) in [5.41, 5.74) is 3.66. The maximum Gasteiger partial charge on any atom is 0.153 e. The molecule has 21 heavy (non-hydrogen) atoms. The van der Waals surface area contributed by atoms with E-state index in [0.717, 1.165) is 27.7 Å². The molecule has 0 spiro atoms. The Labute approximate surface area is 123 Å². The van der Waals surface area contributed by atoms with Crippen molar-refractivity contribution in [3.8, 4) is 11.5 Å². The van der Waals surface area contributed by atoms with E-state index >= 15 is 0 Å². The van der Waals surface area contributed by atoms with Crippen LogP contribution in [0.25, 0.3) is 10.9 Å². The summed E-state index contributed by atoms with van der Waals surface area (Å²) in [5.74, 6) is 1.37. The van der Waals surface area contributed by atoms with Crippen LogP contribution >= 0.6 is 0 Å². The number of aromatic nitrogens is 1. The third kappa shape index (κ3) is 2.73. The highest BCUT2D eigenvalue weighted by atomic mass is 16.5. The first-order chi connectivity index (χ1) is 10.2. The number of nitrogens with zero attached hydrogens (tertiary/aromatic N) is 1. The number of rotatable bonds is 3. The van der Waals surface area contributed by atoms with Gasteiger partial charge in [-0.25, -0.2) is 4.98 Å². The van der Waals surface area contributed by atoms with E-state index in [4.69, 9.17) is 4.74 Å². The lowest BCUT2D eigenvalue weighted by Gasteiger charge is -2.12. The number of ether oxygens (including phenoxy) is 1. The minimum Gasteiger partial charge on any atom is -0.455 e. The van der Waals surface area contributed by atoms with E-state index in [9.17, 15) is 5.11 Å². The van der Waals surface area contributed by atoms with Crippen LogP contribution in [0.4, 0.5) is 0 Å². The molecule has 0 saturated carbocycles. The number of aryl methyl sites for hydroxylation is 2. The molecule has 0 aliphatic rings. The predicted octanol–water partition coefficient (Wildman–Crippen LogP) is 4.14. The molecule has 1 aromatic heterocycles. The Morgan fingerprint density at radius 1 is 1.00 bits per heavy atom. The van der Waals surface area contributed by atoms with Gasteiger partial charge < -0.3 is 9.84 Å². The Bertz CT molecular complexity index is 796. The zero-order valence-corrected chi connectivity index (χ0v) is 12.1. The number of pyridine rings is 1. The van der Waals surface area contributed by atoms with Gasteiger partial charge in [0.1, 0.15) is 11.3 Å². The standard InChI is InChI=1S/C18H17NO2/c1-12-6-9-16(15(10-12)11-20)21-17-5-3-4-14-8-7-13(2)19-18(14)17/h3-10,20H,11H2,1-2H3. The summed E-state index contributed by atoms with van der Waals surface area (Å²) in [4.78, 5) is 4.56. The normalized spacial score (nSPS) is 10.8. The van der Waals surface area contributed by atoms with Gasteiger partial charge in [-0.05, 0) is 32.0 Å². The van der Waals surface area contributed by atoms with Crippen LogP contribution in [0.5, 0.6) is 11.5 Å². The Morgan fingerprint density at radius 2 is 1.86 bits per heavy atom. The summed E-state index contributed by atoms with van der Waals surface area (Å²) in [6, 6.07) is 15.7. The van der Waals surface area contributed by atoms with Crippen LogP contribution in [0.15, 0.2) is 48.5 Å². The predicted molar refractivity (Wildman–Crippen MR) is 83.7 cm³/mol. The summed E-state index contributed by atoms with van der Waals surface area (Å²) in [6.07, 6.45) is 0. The monoisotopic (exact) mass is 279 g/mol. The second-order valence-electron chi connectivity index (χ2n) is 5.15. The van der Waals surface area contributed by atoms with Gasteiger partial charge in [0, 0.05) is 16.6 Å². The van der Waals surface area contributed by atoms with Crippen molar-refractivity contribution in [3.05, 3.63) is 65.4 Å². The van der Waals surface area contributed by atoms with Crippen molar-refractivity contribution in [1.82, 2.24) is 4.98 Å². The van der Waals surface area contributed by atoms with Gasteiger partial charge in [0.15, 0.2) is 5.75 Å². The van der Waals surface area contributed by atoms with Crippen LogP contribution in [0.3, 0.4) is 0 Å². The average Bonchev–Trinajstić information content (AvgIpc) is 2.49. The van der Waals surface area contributed by atoms with Gasteiger partial charge in [-0.3, -0.25) is 0 Å². The van der Waals surface area contributed by atoms with Crippen LogP contribution in [-0.4, -0.2) is 10.1 Å². The lowest BCUT2D eigenvalue weighted by atomic mass is 10.1. The lowest BCUT2D eigenvalue weighted by Crippen LogP contribution is -1.94. The van der Waals surface area contributed by atoms with E-state index in [1.54, 1.807) is 0 Å². The molecule has 0 amide bonds. The summed E-state index contributed by atoms with van der Waals surface area (Å²) in [5, 5.41) is 10.5. The summed E-state index contributed by atoms with van der Waals surface area (Å²) in [6.45, 7) is 3.90. The van der Waals surface area contributed by atoms with Crippen molar-refractivity contribution < 1.29 is 9.84 Å². The Morgan fingerprint density at radius 3 is 2.67 bits per heavy atom. The molecule has 3 rings (SSSR count). The molecule has 0 aliphatic carbocycles. The van der Waals surface area contributed by atoms with Gasteiger partial charge in [0.05, 0.1) is 6.61 Å². The molecule has 3 aromatic rings. The highest BCUT2D eigenvalue weighted by Crippen LogP contribution is 2.31. The van der Waals surface area contributed by atoms with E-state index < -0.39 is 0 Å². The largest absolute Gasteiger partial charge is 0.455 e. The zero-order chi connectivity index (χ0) is 14.8. The number of para-hydroxylation sites is 1. The van der Waals surface area contributed by atoms with Gasteiger partial charge in [-0.1, -0.05) is 35.9 Å². The highest BCUT2D eigenvalue weighted by molar-refractivity contribution is 5.84. The van der Waals surface area contributed by atoms with Gasteiger partial charge in [0.25, 0.3) is 0 Å². The first-order valence-electron chi connectivity index (χ1n) is 6.92. The first-order valence-corrected chi connectivity index (χ1v) is 6.92. The third-order valence-corrected chi connectivity index (χ3v) is 3.43. The zero-order valence-electron chi connectivity index (χ0n) is 12.1. The molecule has 0 saturated heterocycles. The van der Waals surface area contributed by atoms with Crippen LogP contribution in [-0.2, 0) is 6.61 Å². The number of fused-ring (bicyclic) bond motifs is 1. The highest BCUT2D eigenvalue weighted by Gasteiger charge is 2.08. The van der Waals surface area contributed by atoms with Crippen LogP contribution < -0.4 is 4.74 Å².